The van der Waals surface area contributed by atoms with Gasteiger partial charge in [0.05, 0.1) is 0 Å². The summed E-state index contributed by atoms with van der Waals surface area (Å²) in [5, 5.41) is 8.48. The Balaban J connectivity index is 2.76. The first-order chi connectivity index (χ1) is 5.16. The third-order valence-corrected chi connectivity index (χ3v) is 1.65. The summed E-state index contributed by atoms with van der Waals surface area (Å²) < 4.78 is 0. The van der Waals surface area contributed by atoms with Crippen molar-refractivity contribution in [3.8, 4) is 0 Å². The molecule has 1 aliphatic rings. The van der Waals surface area contributed by atoms with Crippen molar-refractivity contribution in [3.05, 3.63) is 0 Å². The number of rotatable bonds is 2. The van der Waals surface area contributed by atoms with E-state index in [0.717, 1.165) is 4.90 Å². The molecule has 1 rings (SSSR count). The number of carboxylic acids is 1. The number of carbonyl (C=O) groups is 3. The first-order valence-corrected chi connectivity index (χ1v) is 3.16. The molecule has 0 aromatic heterocycles. The molecule has 0 aromatic carbocycles. The molecular weight excluding hydrogens is 150 g/mol. The maximum absolute atomic E-state index is 10.8. The van der Waals surface area contributed by atoms with E-state index < -0.39 is 17.9 Å². The molecule has 1 unspecified atom stereocenters. The lowest BCUT2D eigenvalue weighted by molar-refractivity contribution is -0.149. The second kappa shape index (κ2) is 2.69. The van der Waals surface area contributed by atoms with E-state index in [1.165, 1.54) is 0 Å². The second-order valence-corrected chi connectivity index (χ2v) is 2.30. The molecule has 1 fully saturated rings. The Hall–Kier alpha value is -1.39. The summed E-state index contributed by atoms with van der Waals surface area (Å²) in [6, 6.07) is -0.944. The fourth-order valence-corrected chi connectivity index (χ4v) is 1.08. The molecule has 1 heterocycles. The fraction of sp³-hybridized carbons (Fsp3) is 0.500. The Morgan fingerprint density at radius 3 is 2.73 bits per heavy atom. The normalized spacial score (nSPS) is 23.8. The molecule has 0 aromatic rings. The highest BCUT2D eigenvalue weighted by molar-refractivity contribution is 5.94. The number of imide groups is 1. The van der Waals surface area contributed by atoms with Crippen molar-refractivity contribution >= 4 is 18.3 Å². The van der Waals surface area contributed by atoms with Crippen LogP contribution < -0.4 is 0 Å². The number of hydrogen-bond donors (Lipinski definition) is 1. The zero-order valence-corrected chi connectivity index (χ0v) is 5.69. The van der Waals surface area contributed by atoms with Gasteiger partial charge in [-0.15, -0.1) is 0 Å². The number of carboxylic acid groups (broad SMARTS) is 1. The summed E-state index contributed by atoms with van der Waals surface area (Å²) in [7, 11) is 0. The van der Waals surface area contributed by atoms with Gasteiger partial charge in [0.2, 0.25) is 12.3 Å². The van der Waals surface area contributed by atoms with Crippen molar-refractivity contribution in [2.45, 2.75) is 18.9 Å². The lowest BCUT2D eigenvalue weighted by atomic mass is 10.2. The number of hydrogen-bond acceptors (Lipinski definition) is 3. The van der Waals surface area contributed by atoms with Gasteiger partial charge in [-0.25, -0.2) is 4.79 Å². The van der Waals surface area contributed by atoms with Gasteiger partial charge in [0.1, 0.15) is 6.04 Å². The predicted octanol–water partition coefficient (Wildman–Crippen LogP) is -0.782. The van der Waals surface area contributed by atoms with Crippen molar-refractivity contribution < 1.29 is 19.5 Å². The van der Waals surface area contributed by atoms with Gasteiger partial charge >= 0.3 is 5.97 Å². The Kier molecular flexibility index (Phi) is 1.89. The van der Waals surface area contributed by atoms with Crippen molar-refractivity contribution in [1.82, 2.24) is 4.90 Å². The minimum Gasteiger partial charge on any atom is -0.480 e. The summed E-state index contributed by atoms with van der Waals surface area (Å²) in [6.07, 6.45) is 0.650. The minimum atomic E-state index is -1.12. The molecule has 60 valence electrons. The van der Waals surface area contributed by atoms with Crippen LogP contribution in [0.5, 0.6) is 0 Å². The number of nitrogens with zero attached hydrogens (tertiary/aromatic N) is 1. The maximum Gasteiger partial charge on any atom is 0.326 e. The minimum absolute atomic E-state index is 0.149. The quantitative estimate of drug-likeness (QED) is 0.533. The van der Waals surface area contributed by atoms with Crippen molar-refractivity contribution in [2.24, 2.45) is 0 Å². The molecular formula is C6H7NO4. The maximum atomic E-state index is 10.8. The highest BCUT2D eigenvalue weighted by Crippen LogP contribution is 2.16. The lowest BCUT2D eigenvalue weighted by Crippen LogP contribution is -2.37. The van der Waals surface area contributed by atoms with E-state index in [-0.39, 0.29) is 19.3 Å². The number of carbonyl (C=O) groups excluding carboxylic acids is 2. The molecule has 5 heteroatoms. The standard InChI is InChI=1S/C6H7NO4/c8-3-7-4(6(10)11)1-2-5(7)9/h3-4H,1-2H2,(H,10,11). The Bertz CT molecular complexity index is 213. The molecule has 1 atom stereocenters. The summed E-state index contributed by atoms with van der Waals surface area (Å²) in [5.74, 6) is -1.53. The summed E-state index contributed by atoms with van der Waals surface area (Å²) in [5.41, 5.74) is 0. The molecule has 0 spiro atoms. The van der Waals surface area contributed by atoms with Crippen molar-refractivity contribution in [2.75, 3.05) is 0 Å². The van der Waals surface area contributed by atoms with Crippen molar-refractivity contribution in [3.63, 3.8) is 0 Å². The fourth-order valence-electron chi connectivity index (χ4n) is 1.08. The topological polar surface area (TPSA) is 74.7 Å². The van der Waals surface area contributed by atoms with Gasteiger partial charge < -0.3 is 5.11 Å². The van der Waals surface area contributed by atoms with E-state index in [2.05, 4.69) is 0 Å². The first-order valence-electron chi connectivity index (χ1n) is 3.16. The van der Waals surface area contributed by atoms with E-state index in [1.807, 2.05) is 0 Å². The number of aliphatic carboxylic acids is 1. The molecule has 0 aliphatic carbocycles. The van der Waals surface area contributed by atoms with Crippen LogP contribution in [0.4, 0.5) is 0 Å². The molecule has 1 aliphatic heterocycles. The van der Waals surface area contributed by atoms with E-state index >= 15 is 0 Å². The van der Waals surface area contributed by atoms with E-state index in [4.69, 9.17) is 5.11 Å². The van der Waals surface area contributed by atoms with Crippen LogP contribution in [0.2, 0.25) is 0 Å². The number of likely N-dealkylation sites (tertiary alicyclic amines) is 1. The van der Waals surface area contributed by atoms with Gasteiger partial charge in [-0.3, -0.25) is 14.5 Å². The summed E-state index contributed by atoms with van der Waals surface area (Å²) in [6.45, 7) is 0. The van der Waals surface area contributed by atoms with Gasteiger partial charge in [0.25, 0.3) is 0 Å². The number of amides is 2. The van der Waals surface area contributed by atoms with Crippen LogP contribution >= 0.6 is 0 Å². The second-order valence-electron chi connectivity index (χ2n) is 2.30. The molecule has 5 nitrogen and oxygen atoms in total. The van der Waals surface area contributed by atoms with Crippen LogP contribution in [0.3, 0.4) is 0 Å². The van der Waals surface area contributed by atoms with Crippen LogP contribution in [0.1, 0.15) is 12.8 Å². The van der Waals surface area contributed by atoms with Crippen LogP contribution in [0, 0.1) is 0 Å². The van der Waals surface area contributed by atoms with E-state index in [1.54, 1.807) is 0 Å². The predicted molar refractivity (Wildman–Crippen MR) is 33.6 cm³/mol. The van der Waals surface area contributed by atoms with Crippen LogP contribution in [0.15, 0.2) is 0 Å². The zero-order chi connectivity index (χ0) is 8.43. The molecule has 2 amide bonds. The highest BCUT2D eigenvalue weighted by Gasteiger charge is 2.35. The van der Waals surface area contributed by atoms with Crippen LogP contribution in [0.25, 0.3) is 0 Å². The summed E-state index contributed by atoms with van der Waals surface area (Å²) in [4.78, 5) is 32.0. The van der Waals surface area contributed by atoms with E-state index in [9.17, 15) is 14.4 Å². The molecule has 0 bridgehead atoms. The lowest BCUT2D eigenvalue weighted by Gasteiger charge is -2.12. The van der Waals surface area contributed by atoms with Gasteiger partial charge in [-0.05, 0) is 6.42 Å². The van der Waals surface area contributed by atoms with E-state index in [0.29, 0.717) is 0 Å². The van der Waals surface area contributed by atoms with Gasteiger partial charge in [-0.2, -0.15) is 0 Å². The third-order valence-electron chi connectivity index (χ3n) is 1.65. The van der Waals surface area contributed by atoms with Gasteiger partial charge in [0, 0.05) is 6.42 Å². The van der Waals surface area contributed by atoms with Gasteiger partial charge in [-0.1, -0.05) is 0 Å². The zero-order valence-electron chi connectivity index (χ0n) is 5.69. The van der Waals surface area contributed by atoms with Crippen molar-refractivity contribution in [1.29, 1.82) is 0 Å². The Morgan fingerprint density at radius 1 is 1.73 bits per heavy atom. The molecule has 1 N–H and O–H groups in total. The average molecular weight is 157 g/mol. The Morgan fingerprint density at radius 2 is 2.36 bits per heavy atom. The average Bonchev–Trinajstić information content (AvgIpc) is 2.30. The van der Waals surface area contributed by atoms with Crippen LogP contribution in [-0.2, 0) is 14.4 Å². The first kappa shape index (κ1) is 7.71. The Labute approximate surface area is 62.6 Å². The largest absolute Gasteiger partial charge is 0.480 e. The molecule has 0 saturated carbocycles. The molecule has 0 radical (unpaired) electrons. The third kappa shape index (κ3) is 1.21. The summed E-state index contributed by atoms with van der Waals surface area (Å²) >= 11 is 0. The highest BCUT2D eigenvalue weighted by atomic mass is 16.4. The molecule has 1 saturated heterocycles. The van der Waals surface area contributed by atoms with Gasteiger partial charge in [0.15, 0.2) is 0 Å². The molecule has 11 heavy (non-hydrogen) atoms. The monoisotopic (exact) mass is 157 g/mol. The SMILES string of the molecule is O=CN1C(=O)CCC1C(=O)O. The van der Waals surface area contributed by atoms with Crippen LogP contribution in [-0.4, -0.2) is 34.3 Å². The smallest absolute Gasteiger partial charge is 0.326 e.